The summed E-state index contributed by atoms with van der Waals surface area (Å²) in [5.41, 5.74) is 1.72. The monoisotopic (exact) mass is 432 g/mol. The second-order valence-electron chi connectivity index (χ2n) is 3.94. The van der Waals surface area contributed by atoms with Gasteiger partial charge in [-0.2, -0.15) is 0 Å². The smallest absolute Gasteiger partial charge is 0.335 e. The number of hydrogen-bond acceptors (Lipinski definition) is 3. The van der Waals surface area contributed by atoms with E-state index in [1.54, 1.807) is 6.92 Å². The summed E-state index contributed by atoms with van der Waals surface area (Å²) in [6, 6.07) is 8.91. The molecular weight excluding hydrogens is 423 g/mol. The normalized spacial score (nSPS) is 10.3. The molecule has 19 heavy (non-hydrogen) atoms. The largest absolute Gasteiger partial charge is 0.478 e. The number of nitrogens with zero attached hydrogens (tertiary/aromatic N) is 1. The van der Waals surface area contributed by atoms with Gasteiger partial charge in [0.15, 0.2) is 0 Å². The van der Waals surface area contributed by atoms with Crippen LogP contribution < -0.4 is 5.32 Å². The Morgan fingerprint density at radius 3 is 2.79 bits per heavy atom. The number of benzene rings is 1. The highest BCUT2D eigenvalue weighted by Gasteiger charge is 2.08. The molecule has 0 fully saturated rings. The van der Waals surface area contributed by atoms with Crippen LogP contribution in [0.2, 0.25) is 0 Å². The molecule has 0 spiro atoms. The number of hydrogen-bond donors (Lipinski definition) is 2. The van der Waals surface area contributed by atoms with Crippen molar-refractivity contribution in [2.45, 2.75) is 6.92 Å². The maximum Gasteiger partial charge on any atom is 0.335 e. The zero-order valence-electron chi connectivity index (χ0n) is 9.95. The fourth-order valence-corrected chi connectivity index (χ4v) is 2.42. The van der Waals surface area contributed by atoms with Gasteiger partial charge in [0, 0.05) is 13.7 Å². The van der Waals surface area contributed by atoms with Crippen LogP contribution in [0.5, 0.6) is 0 Å². The molecule has 0 aliphatic heterocycles. The summed E-state index contributed by atoms with van der Waals surface area (Å²) in [6.45, 7) is 1.77. The van der Waals surface area contributed by atoms with Gasteiger partial charge in [-0.15, -0.1) is 0 Å². The lowest BCUT2D eigenvalue weighted by atomic mass is 10.2. The molecule has 2 aromatic rings. The second kappa shape index (κ2) is 5.87. The molecule has 0 bridgehead atoms. The topological polar surface area (TPSA) is 62.2 Å². The third-order valence-electron chi connectivity index (χ3n) is 2.39. The first kappa shape index (κ1) is 14.3. The number of carboxylic acid groups (broad SMARTS) is 1. The number of nitrogens with one attached hydrogen (secondary N) is 1. The predicted octanol–water partition coefficient (Wildman–Crippen LogP) is 4.20. The van der Waals surface area contributed by atoms with E-state index < -0.39 is 5.97 Å². The summed E-state index contributed by atoms with van der Waals surface area (Å²) in [4.78, 5) is 15.3. The maximum absolute atomic E-state index is 11.0. The summed E-state index contributed by atoms with van der Waals surface area (Å²) in [6.07, 6.45) is 0. The van der Waals surface area contributed by atoms with Crippen LogP contribution >= 0.6 is 38.5 Å². The zero-order valence-corrected chi connectivity index (χ0v) is 13.7. The molecule has 0 amide bonds. The summed E-state index contributed by atoms with van der Waals surface area (Å²) >= 11 is 5.66. The number of aryl methyl sites for hydroxylation is 1. The first-order valence-electron chi connectivity index (χ1n) is 5.40. The van der Waals surface area contributed by atoms with Gasteiger partial charge in [-0.1, -0.05) is 0 Å². The number of pyridine rings is 1. The molecule has 1 heterocycles. The van der Waals surface area contributed by atoms with Crippen molar-refractivity contribution in [2.75, 3.05) is 5.32 Å². The van der Waals surface area contributed by atoms with Gasteiger partial charge >= 0.3 is 5.97 Å². The molecule has 1 aromatic carbocycles. The van der Waals surface area contributed by atoms with Gasteiger partial charge in [0.2, 0.25) is 0 Å². The van der Waals surface area contributed by atoms with Gasteiger partial charge in [-0.3, -0.25) is 0 Å². The third-order valence-corrected chi connectivity index (χ3v) is 3.75. The van der Waals surface area contributed by atoms with Gasteiger partial charge < -0.3 is 10.4 Å². The van der Waals surface area contributed by atoms with Crippen molar-refractivity contribution in [2.24, 2.45) is 0 Å². The molecule has 1 aromatic heterocycles. The standard InChI is InChI=1S/C13H10BrIN2O2/c1-7-4-8(13(18)19)5-12(16-7)17-11-6-9(15)2-3-10(11)14/h2-6H,1H3,(H,16,17)(H,18,19). The van der Waals surface area contributed by atoms with E-state index in [2.05, 4.69) is 48.8 Å². The Balaban J connectivity index is 2.38. The molecule has 0 unspecified atom stereocenters. The molecular formula is C13H10BrIN2O2. The summed E-state index contributed by atoms with van der Waals surface area (Å²) in [5, 5.41) is 12.2. The maximum atomic E-state index is 11.0. The number of aromatic carboxylic acids is 1. The van der Waals surface area contributed by atoms with E-state index in [0.717, 1.165) is 13.7 Å². The van der Waals surface area contributed by atoms with E-state index in [1.807, 2.05) is 18.2 Å². The Labute approximate surface area is 132 Å². The quantitative estimate of drug-likeness (QED) is 0.713. The van der Waals surface area contributed by atoms with Gasteiger partial charge in [0.1, 0.15) is 5.82 Å². The number of rotatable bonds is 3. The van der Waals surface area contributed by atoms with E-state index in [0.29, 0.717) is 11.5 Å². The van der Waals surface area contributed by atoms with Crippen LogP contribution in [0.4, 0.5) is 11.5 Å². The molecule has 0 saturated heterocycles. The highest BCUT2D eigenvalue weighted by molar-refractivity contribution is 14.1. The summed E-state index contributed by atoms with van der Waals surface area (Å²) < 4.78 is 1.97. The minimum Gasteiger partial charge on any atom is -0.478 e. The predicted molar refractivity (Wildman–Crippen MR) is 86.1 cm³/mol. The van der Waals surface area contributed by atoms with Crippen LogP contribution in [0.1, 0.15) is 16.1 Å². The van der Waals surface area contributed by atoms with Crippen LogP contribution in [0.15, 0.2) is 34.8 Å². The fraction of sp³-hybridized carbons (Fsp3) is 0.0769. The highest BCUT2D eigenvalue weighted by atomic mass is 127. The second-order valence-corrected chi connectivity index (χ2v) is 6.04. The lowest BCUT2D eigenvalue weighted by molar-refractivity contribution is 0.0696. The molecule has 0 saturated carbocycles. The SMILES string of the molecule is Cc1cc(C(=O)O)cc(Nc2cc(I)ccc2Br)n1. The van der Waals surface area contributed by atoms with Gasteiger partial charge in [0.05, 0.1) is 11.3 Å². The van der Waals surface area contributed by atoms with Crippen molar-refractivity contribution in [1.82, 2.24) is 4.98 Å². The number of aromatic nitrogens is 1. The molecule has 4 nitrogen and oxygen atoms in total. The summed E-state index contributed by atoms with van der Waals surface area (Å²) in [7, 11) is 0. The number of halogens is 2. The Morgan fingerprint density at radius 2 is 2.11 bits per heavy atom. The highest BCUT2D eigenvalue weighted by Crippen LogP contribution is 2.27. The van der Waals surface area contributed by atoms with Crippen molar-refractivity contribution < 1.29 is 9.90 Å². The average molecular weight is 433 g/mol. The van der Waals surface area contributed by atoms with Crippen molar-refractivity contribution in [1.29, 1.82) is 0 Å². The number of anilines is 2. The molecule has 2 rings (SSSR count). The van der Waals surface area contributed by atoms with Crippen LogP contribution in [0.3, 0.4) is 0 Å². The molecule has 0 aliphatic carbocycles. The van der Waals surface area contributed by atoms with Crippen LogP contribution in [-0.2, 0) is 0 Å². The Morgan fingerprint density at radius 1 is 1.37 bits per heavy atom. The first-order chi connectivity index (χ1) is 8.95. The van der Waals surface area contributed by atoms with Gasteiger partial charge in [0.25, 0.3) is 0 Å². The van der Waals surface area contributed by atoms with Crippen molar-refractivity contribution >= 4 is 56.0 Å². The molecule has 0 radical (unpaired) electrons. The van der Waals surface area contributed by atoms with Gasteiger partial charge in [-0.05, 0) is 75.8 Å². The fourth-order valence-electron chi connectivity index (χ4n) is 1.59. The van der Waals surface area contributed by atoms with Crippen LogP contribution in [0.25, 0.3) is 0 Å². The van der Waals surface area contributed by atoms with Crippen molar-refractivity contribution in [3.05, 3.63) is 49.6 Å². The van der Waals surface area contributed by atoms with Crippen LogP contribution in [0, 0.1) is 10.5 Å². The Kier molecular flexibility index (Phi) is 4.41. The van der Waals surface area contributed by atoms with E-state index in [4.69, 9.17) is 5.11 Å². The Hall–Kier alpha value is -1.15. The lowest BCUT2D eigenvalue weighted by Gasteiger charge is -2.10. The minimum atomic E-state index is -0.963. The molecule has 0 aliphatic rings. The average Bonchev–Trinajstić information content (AvgIpc) is 2.33. The van der Waals surface area contributed by atoms with Crippen molar-refractivity contribution in [3.63, 3.8) is 0 Å². The molecule has 0 atom stereocenters. The van der Waals surface area contributed by atoms with Crippen LogP contribution in [-0.4, -0.2) is 16.1 Å². The first-order valence-corrected chi connectivity index (χ1v) is 7.27. The molecule has 98 valence electrons. The van der Waals surface area contributed by atoms with E-state index in [1.165, 1.54) is 12.1 Å². The van der Waals surface area contributed by atoms with Crippen molar-refractivity contribution in [3.8, 4) is 0 Å². The number of carboxylic acids is 1. The van der Waals surface area contributed by atoms with E-state index >= 15 is 0 Å². The van der Waals surface area contributed by atoms with E-state index in [9.17, 15) is 4.79 Å². The zero-order chi connectivity index (χ0) is 14.0. The molecule has 6 heteroatoms. The van der Waals surface area contributed by atoms with Gasteiger partial charge in [-0.25, -0.2) is 9.78 Å². The van der Waals surface area contributed by atoms with E-state index in [-0.39, 0.29) is 5.56 Å². The summed E-state index contributed by atoms with van der Waals surface area (Å²) in [5.74, 6) is -0.449. The number of carbonyl (C=O) groups is 1. The Bertz CT molecular complexity index is 647. The third kappa shape index (κ3) is 3.66. The lowest BCUT2D eigenvalue weighted by Crippen LogP contribution is -2.02. The minimum absolute atomic E-state index is 0.219. The molecule has 2 N–H and O–H groups in total.